The van der Waals surface area contributed by atoms with Gasteiger partial charge in [0, 0.05) is 0 Å². The Kier molecular flexibility index (Phi) is 4.51. The fraction of sp³-hybridized carbons (Fsp3) is 0.118. The van der Waals surface area contributed by atoms with Gasteiger partial charge in [0.25, 0.3) is 5.91 Å². The first-order chi connectivity index (χ1) is 12.1. The lowest BCUT2D eigenvalue weighted by atomic mass is 10.1. The van der Waals surface area contributed by atoms with E-state index >= 15 is 0 Å². The molecule has 0 bridgehead atoms. The van der Waals surface area contributed by atoms with Crippen molar-refractivity contribution in [1.82, 2.24) is 25.6 Å². The Morgan fingerprint density at radius 3 is 2.80 bits per heavy atom. The van der Waals surface area contributed by atoms with E-state index in [2.05, 4.69) is 26.1 Å². The highest BCUT2D eigenvalue weighted by molar-refractivity contribution is 6.02. The molecule has 2 aromatic carbocycles. The van der Waals surface area contributed by atoms with Crippen molar-refractivity contribution in [2.45, 2.75) is 13.8 Å². The highest BCUT2D eigenvalue weighted by Gasteiger charge is 2.12. The Morgan fingerprint density at radius 1 is 1.24 bits per heavy atom. The van der Waals surface area contributed by atoms with Gasteiger partial charge in [0.05, 0.1) is 17.0 Å². The molecule has 1 heterocycles. The molecular weight excluding hydrogens is 320 g/mol. The molecule has 8 heteroatoms. The summed E-state index contributed by atoms with van der Waals surface area (Å²) in [5, 5.41) is 25.1. The summed E-state index contributed by atoms with van der Waals surface area (Å²) in [6, 6.07) is 12.4. The second kappa shape index (κ2) is 6.91. The number of carbonyl (C=O) groups excluding carboxylic acids is 1. The van der Waals surface area contributed by atoms with Crippen LogP contribution in [0.3, 0.4) is 0 Å². The van der Waals surface area contributed by atoms with Gasteiger partial charge in [-0.25, -0.2) is 10.1 Å². The van der Waals surface area contributed by atoms with Crippen molar-refractivity contribution >= 4 is 11.6 Å². The van der Waals surface area contributed by atoms with Gasteiger partial charge in [0.1, 0.15) is 12.1 Å². The molecule has 2 N–H and O–H groups in total. The number of benzene rings is 2. The lowest BCUT2D eigenvalue weighted by Gasteiger charge is -2.07. The van der Waals surface area contributed by atoms with Crippen LogP contribution in [0, 0.1) is 6.92 Å². The van der Waals surface area contributed by atoms with E-state index in [1.165, 1.54) is 11.0 Å². The van der Waals surface area contributed by atoms with E-state index in [1.807, 2.05) is 24.3 Å². The first-order valence-electron chi connectivity index (χ1n) is 7.53. The molecule has 0 aliphatic carbocycles. The molecule has 0 unspecified atom stereocenters. The predicted octanol–water partition coefficient (Wildman–Crippen LogP) is 1.83. The summed E-state index contributed by atoms with van der Waals surface area (Å²) in [5.74, 6) is -0.522. The van der Waals surface area contributed by atoms with Crippen molar-refractivity contribution < 1.29 is 9.90 Å². The molecule has 3 aromatic rings. The largest absolute Gasteiger partial charge is 0.507 e. The first kappa shape index (κ1) is 16.3. The maximum Gasteiger partial charge on any atom is 0.275 e. The minimum Gasteiger partial charge on any atom is -0.507 e. The fourth-order valence-corrected chi connectivity index (χ4v) is 2.25. The molecular formula is C17H16N6O2. The van der Waals surface area contributed by atoms with Crippen LogP contribution < -0.4 is 5.43 Å². The number of tetrazole rings is 1. The zero-order chi connectivity index (χ0) is 17.8. The van der Waals surface area contributed by atoms with Crippen molar-refractivity contribution in [3.8, 4) is 11.4 Å². The lowest BCUT2D eigenvalue weighted by molar-refractivity contribution is 0.0952. The summed E-state index contributed by atoms with van der Waals surface area (Å²) in [6.45, 7) is 3.50. The average Bonchev–Trinajstić information content (AvgIpc) is 3.16. The third-order valence-corrected chi connectivity index (χ3v) is 3.69. The van der Waals surface area contributed by atoms with E-state index in [9.17, 15) is 9.90 Å². The first-order valence-corrected chi connectivity index (χ1v) is 7.53. The minimum atomic E-state index is -0.475. The summed E-state index contributed by atoms with van der Waals surface area (Å²) in [4.78, 5) is 12.2. The quantitative estimate of drug-likeness (QED) is 0.558. The Morgan fingerprint density at radius 2 is 2.04 bits per heavy atom. The van der Waals surface area contributed by atoms with E-state index in [4.69, 9.17) is 0 Å². The zero-order valence-corrected chi connectivity index (χ0v) is 13.7. The zero-order valence-electron chi connectivity index (χ0n) is 13.7. The van der Waals surface area contributed by atoms with Crippen LogP contribution in [0.1, 0.15) is 28.4 Å². The number of hydrazone groups is 1. The average molecular weight is 336 g/mol. The van der Waals surface area contributed by atoms with E-state index < -0.39 is 5.91 Å². The van der Waals surface area contributed by atoms with Crippen molar-refractivity contribution in [2.75, 3.05) is 0 Å². The van der Waals surface area contributed by atoms with Crippen LogP contribution in [-0.2, 0) is 0 Å². The number of aromatic nitrogens is 4. The molecule has 25 heavy (non-hydrogen) atoms. The van der Waals surface area contributed by atoms with Gasteiger partial charge >= 0.3 is 0 Å². The number of phenolic OH excluding ortho intramolecular Hbond substituents is 1. The van der Waals surface area contributed by atoms with Crippen molar-refractivity contribution in [3.05, 3.63) is 65.5 Å². The molecule has 3 rings (SSSR count). The molecule has 0 atom stereocenters. The van der Waals surface area contributed by atoms with Gasteiger partial charge < -0.3 is 5.11 Å². The normalized spacial score (nSPS) is 11.4. The maximum absolute atomic E-state index is 12.2. The van der Waals surface area contributed by atoms with E-state index in [0.717, 1.165) is 11.3 Å². The molecule has 0 fully saturated rings. The number of hydrogen-bond acceptors (Lipinski definition) is 6. The van der Waals surface area contributed by atoms with Crippen LogP contribution in [-0.4, -0.2) is 36.9 Å². The third-order valence-electron chi connectivity index (χ3n) is 3.69. The number of hydrogen-bond donors (Lipinski definition) is 2. The number of carbonyl (C=O) groups is 1. The standard InChI is InChI=1S/C17H16N6O2/c1-11-5-3-8-15(16(11)24)17(25)20-19-12(2)13-6-4-7-14(9-13)23-10-18-21-22-23/h3-10,24H,1-2H3,(H,20,25). The summed E-state index contributed by atoms with van der Waals surface area (Å²) < 4.78 is 1.53. The van der Waals surface area contributed by atoms with E-state index in [1.54, 1.807) is 32.0 Å². The summed E-state index contributed by atoms with van der Waals surface area (Å²) in [7, 11) is 0. The topological polar surface area (TPSA) is 105 Å². The fourth-order valence-electron chi connectivity index (χ4n) is 2.25. The van der Waals surface area contributed by atoms with Crippen molar-refractivity contribution in [2.24, 2.45) is 5.10 Å². The number of aryl methyl sites for hydroxylation is 1. The number of nitrogens with one attached hydrogen (secondary N) is 1. The van der Waals surface area contributed by atoms with E-state index in [-0.39, 0.29) is 11.3 Å². The van der Waals surface area contributed by atoms with Crippen LogP contribution in [0.4, 0.5) is 0 Å². The van der Waals surface area contributed by atoms with Crippen LogP contribution in [0.15, 0.2) is 53.9 Å². The highest BCUT2D eigenvalue weighted by Crippen LogP contribution is 2.21. The van der Waals surface area contributed by atoms with Crippen LogP contribution in [0.5, 0.6) is 5.75 Å². The van der Waals surface area contributed by atoms with Gasteiger partial charge in [0.15, 0.2) is 0 Å². The van der Waals surface area contributed by atoms with Gasteiger partial charge in [-0.15, -0.1) is 5.10 Å². The number of nitrogens with zero attached hydrogens (tertiary/aromatic N) is 5. The highest BCUT2D eigenvalue weighted by atomic mass is 16.3. The predicted molar refractivity (Wildman–Crippen MR) is 91.7 cm³/mol. The van der Waals surface area contributed by atoms with Gasteiger partial charge in [-0.3, -0.25) is 4.79 Å². The summed E-state index contributed by atoms with van der Waals surface area (Å²) >= 11 is 0. The molecule has 8 nitrogen and oxygen atoms in total. The Bertz CT molecular complexity index is 934. The maximum atomic E-state index is 12.2. The number of aromatic hydroxyl groups is 1. The molecule has 126 valence electrons. The molecule has 0 spiro atoms. The van der Waals surface area contributed by atoms with Gasteiger partial charge in [-0.2, -0.15) is 5.10 Å². The number of phenols is 1. The van der Waals surface area contributed by atoms with Crippen LogP contribution in [0.2, 0.25) is 0 Å². The SMILES string of the molecule is CC(=NNC(=O)c1cccc(C)c1O)c1cccc(-n2cnnn2)c1. The second-order valence-electron chi connectivity index (χ2n) is 5.41. The number of rotatable bonds is 4. The molecule has 0 saturated carbocycles. The monoisotopic (exact) mass is 336 g/mol. The van der Waals surface area contributed by atoms with Crippen LogP contribution >= 0.6 is 0 Å². The van der Waals surface area contributed by atoms with Crippen molar-refractivity contribution in [1.29, 1.82) is 0 Å². The molecule has 1 amide bonds. The Balaban J connectivity index is 1.79. The number of para-hydroxylation sites is 1. The molecule has 0 saturated heterocycles. The van der Waals surface area contributed by atoms with Gasteiger partial charge in [-0.1, -0.05) is 24.3 Å². The molecule has 0 radical (unpaired) electrons. The Labute approximate surface area is 143 Å². The lowest BCUT2D eigenvalue weighted by Crippen LogP contribution is -2.19. The number of amides is 1. The summed E-state index contributed by atoms with van der Waals surface area (Å²) in [6.07, 6.45) is 1.49. The minimum absolute atomic E-state index is 0.0477. The molecule has 0 aliphatic heterocycles. The second-order valence-corrected chi connectivity index (χ2v) is 5.41. The van der Waals surface area contributed by atoms with Crippen LogP contribution in [0.25, 0.3) is 5.69 Å². The molecule has 0 aliphatic rings. The molecule has 1 aromatic heterocycles. The van der Waals surface area contributed by atoms with Gasteiger partial charge in [0.2, 0.25) is 0 Å². The smallest absolute Gasteiger partial charge is 0.275 e. The van der Waals surface area contributed by atoms with Crippen molar-refractivity contribution in [3.63, 3.8) is 0 Å². The van der Waals surface area contributed by atoms with E-state index in [0.29, 0.717) is 11.3 Å². The third kappa shape index (κ3) is 3.52. The Hall–Kier alpha value is -3.55. The van der Waals surface area contributed by atoms with Gasteiger partial charge in [-0.05, 0) is 53.6 Å². The summed E-state index contributed by atoms with van der Waals surface area (Å²) in [5.41, 5.74) is 5.46.